The Kier molecular flexibility index (Phi) is 4.48. The van der Waals surface area contributed by atoms with Crippen molar-refractivity contribution >= 4 is 5.82 Å². The Bertz CT molecular complexity index is 861. The number of nitrogens with two attached hydrogens (primary N) is 1. The molecule has 5 nitrogen and oxygen atoms in total. The van der Waals surface area contributed by atoms with Gasteiger partial charge in [-0.25, -0.2) is 4.68 Å². The Balaban J connectivity index is 1.79. The van der Waals surface area contributed by atoms with Crippen molar-refractivity contribution in [3.8, 4) is 11.9 Å². The minimum absolute atomic E-state index is 0.270. The van der Waals surface area contributed by atoms with E-state index in [0.29, 0.717) is 19.0 Å². The van der Waals surface area contributed by atoms with Gasteiger partial charge in [0.2, 0.25) is 0 Å². The second-order valence-corrected chi connectivity index (χ2v) is 5.59. The van der Waals surface area contributed by atoms with Crippen molar-refractivity contribution in [2.24, 2.45) is 0 Å². The van der Waals surface area contributed by atoms with E-state index in [2.05, 4.69) is 11.2 Å². The third-order valence-corrected chi connectivity index (χ3v) is 3.74. The lowest BCUT2D eigenvalue weighted by molar-refractivity contribution is 0.289. The number of anilines is 1. The van der Waals surface area contributed by atoms with E-state index in [4.69, 9.17) is 10.5 Å². The number of ether oxygens (including phenoxy) is 1. The first-order valence-electron chi connectivity index (χ1n) is 7.66. The van der Waals surface area contributed by atoms with Crippen molar-refractivity contribution in [3.05, 3.63) is 76.9 Å². The number of nitrogen functional groups attached to an aromatic ring is 1. The monoisotopic (exact) mass is 318 g/mol. The van der Waals surface area contributed by atoms with Crippen molar-refractivity contribution in [1.29, 1.82) is 5.26 Å². The molecule has 0 fully saturated rings. The number of aryl methyl sites for hydroxylation is 1. The summed E-state index contributed by atoms with van der Waals surface area (Å²) in [6, 6.07) is 19.9. The van der Waals surface area contributed by atoms with Crippen LogP contribution in [-0.2, 0) is 13.2 Å². The molecule has 0 aliphatic heterocycles. The Hall–Kier alpha value is -3.26. The van der Waals surface area contributed by atoms with E-state index >= 15 is 0 Å². The highest BCUT2D eigenvalue weighted by molar-refractivity contribution is 5.55. The first-order valence-corrected chi connectivity index (χ1v) is 7.66. The van der Waals surface area contributed by atoms with Gasteiger partial charge in [-0.15, -0.1) is 5.10 Å². The van der Waals surface area contributed by atoms with E-state index in [0.717, 1.165) is 11.1 Å². The van der Waals surface area contributed by atoms with E-state index in [9.17, 15) is 5.26 Å². The van der Waals surface area contributed by atoms with Gasteiger partial charge in [0.1, 0.15) is 18.5 Å². The smallest absolute Gasteiger partial charge is 0.253 e. The zero-order valence-electron chi connectivity index (χ0n) is 13.4. The van der Waals surface area contributed by atoms with Gasteiger partial charge >= 0.3 is 0 Å². The zero-order chi connectivity index (χ0) is 16.9. The Morgan fingerprint density at radius 2 is 1.79 bits per heavy atom. The molecule has 1 heterocycles. The molecule has 2 aromatic carbocycles. The van der Waals surface area contributed by atoms with Gasteiger partial charge in [-0.1, -0.05) is 60.2 Å². The third-order valence-electron chi connectivity index (χ3n) is 3.74. The van der Waals surface area contributed by atoms with Crippen LogP contribution in [0.25, 0.3) is 0 Å². The predicted molar refractivity (Wildman–Crippen MR) is 92.4 cm³/mol. The summed E-state index contributed by atoms with van der Waals surface area (Å²) in [4.78, 5) is 0. The van der Waals surface area contributed by atoms with Gasteiger partial charge < -0.3 is 10.5 Å². The fourth-order valence-corrected chi connectivity index (χ4v) is 2.37. The summed E-state index contributed by atoms with van der Waals surface area (Å²) < 4.78 is 7.31. The fourth-order valence-electron chi connectivity index (χ4n) is 2.37. The molecule has 0 saturated carbocycles. The van der Waals surface area contributed by atoms with Crippen LogP contribution in [0.1, 0.15) is 22.3 Å². The highest BCUT2D eigenvalue weighted by atomic mass is 16.5. The lowest BCUT2D eigenvalue weighted by atomic mass is 10.2. The van der Waals surface area contributed by atoms with Crippen LogP contribution in [0, 0.1) is 18.3 Å². The average Bonchev–Trinajstić information content (AvgIpc) is 2.90. The molecule has 0 bridgehead atoms. The maximum Gasteiger partial charge on any atom is 0.253 e. The van der Waals surface area contributed by atoms with Crippen molar-refractivity contribution in [2.75, 3.05) is 5.73 Å². The Morgan fingerprint density at radius 1 is 1.08 bits per heavy atom. The molecule has 3 aromatic rings. The van der Waals surface area contributed by atoms with Gasteiger partial charge in [0.05, 0.1) is 6.54 Å². The molecular weight excluding hydrogens is 300 g/mol. The van der Waals surface area contributed by atoms with Gasteiger partial charge in [-0.3, -0.25) is 0 Å². The second-order valence-electron chi connectivity index (χ2n) is 5.59. The summed E-state index contributed by atoms with van der Waals surface area (Å²) in [6.07, 6.45) is 0. The van der Waals surface area contributed by atoms with Crippen LogP contribution in [0.2, 0.25) is 0 Å². The molecule has 0 unspecified atom stereocenters. The van der Waals surface area contributed by atoms with Crippen LogP contribution < -0.4 is 10.5 Å². The van der Waals surface area contributed by atoms with Crippen molar-refractivity contribution in [1.82, 2.24) is 9.78 Å². The third kappa shape index (κ3) is 3.39. The van der Waals surface area contributed by atoms with Crippen LogP contribution in [0.5, 0.6) is 5.88 Å². The summed E-state index contributed by atoms with van der Waals surface area (Å²) >= 11 is 0. The average molecular weight is 318 g/mol. The molecular formula is C19H18N4O. The number of hydrogen-bond donors (Lipinski definition) is 1. The van der Waals surface area contributed by atoms with E-state index in [1.807, 2.05) is 61.5 Å². The lowest BCUT2D eigenvalue weighted by Gasteiger charge is -2.04. The second kappa shape index (κ2) is 6.88. The molecule has 0 aliphatic rings. The molecule has 5 heteroatoms. The molecule has 120 valence electrons. The Morgan fingerprint density at radius 3 is 2.46 bits per heavy atom. The maximum absolute atomic E-state index is 9.35. The van der Waals surface area contributed by atoms with E-state index in [1.54, 1.807) is 4.68 Å². The SMILES string of the molecule is Cc1ccc(COc2nn(Cc3ccccc3)c(N)c2C#N)cc1. The van der Waals surface area contributed by atoms with Gasteiger partial charge in [-0.2, -0.15) is 5.26 Å². The Labute approximate surface area is 140 Å². The quantitative estimate of drug-likeness (QED) is 0.783. The zero-order valence-corrected chi connectivity index (χ0v) is 13.4. The van der Waals surface area contributed by atoms with Crippen LogP contribution in [-0.4, -0.2) is 9.78 Å². The standard InChI is InChI=1S/C19H18N4O/c1-14-7-9-16(10-8-14)13-24-19-17(11-20)18(21)23(22-19)12-15-5-3-2-4-6-15/h2-10H,12-13,21H2,1H3. The van der Waals surface area contributed by atoms with Gasteiger partial charge in [-0.05, 0) is 18.1 Å². The van der Waals surface area contributed by atoms with E-state index in [-0.39, 0.29) is 11.4 Å². The number of benzene rings is 2. The molecule has 0 atom stereocenters. The molecule has 0 amide bonds. The number of aromatic nitrogens is 2. The van der Waals surface area contributed by atoms with Crippen molar-refractivity contribution in [2.45, 2.75) is 20.1 Å². The molecule has 0 spiro atoms. The predicted octanol–water partition coefficient (Wildman–Crippen LogP) is 3.27. The van der Waals surface area contributed by atoms with Crippen molar-refractivity contribution in [3.63, 3.8) is 0 Å². The molecule has 0 aliphatic carbocycles. The number of hydrogen-bond acceptors (Lipinski definition) is 4. The van der Waals surface area contributed by atoms with Gasteiger partial charge in [0.25, 0.3) is 5.88 Å². The fraction of sp³-hybridized carbons (Fsp3) is 0.158. The van der Waals surface area contributed by atoms with Crippen LogP contribution in [0.4, 0.5) is 5.82 Å². The van der Waals surface area contributed by atoms with E-state index in [1.165, 1.54) is 5.56 Å². The summed E-state index contributed by atoms with van der Waals surface area (Å²) in [6.45, 7) is 2.87. The number of rotatable bonds is 5. The highest BCUT2D eigenvalue weighted by Gasteiger charge is 2.17. The first-order chi connectivity index (χ1) is 11.7. The summed E-state index contributed by atoms with van der Waals surface area (Å²) in [7, 11) is 0. The minimum atomic E-state index is 0.270. The van der Waals surface area contributed by atoms with Gasteiger partial charge in [0.15, 0.2) is 5.56 Å². The lowest BCUT2D eigenvalue weighted by Crippen LogP contribution is -2.06. The van der Waals surface area contributed by atoms with Gasteiger partial charge in [0, 0.05) is 0 Å². The molecule has 1 aromatic heterocycles. The molecule has 24 heavy (non-hydrogen) atoms. The normalized spacial score (nSPS) is 10.3. The summed E-state index contributed by atoms with van der Waals surface area (Å²) in [5, 5.41) is 13.7. The van der Waals surface area contributed by atoms with Crippen LogP contribution in [0.15, 0.2) is 54.6 Å². The molecule has 0 radical (unpaired) electrons. The topological polar surface area (TPSA) is 76.9 Å². The van der Waals surface area contributed by atoms with Crippen LogP contribution >= 0.6 is 0 Å². The first kappa shape index (κ1) is 15.6. The summed E-state index contributed by atoms with van der Waals surface area (Å²) in [5.41, 5.74) is 9.58. The van der Waals surface area contributed by atoms with Crippen LogP contribution in [0.3, 0.4) is 0 Å². The summed E-state index contributed by atoms with van der Waals surface area (Å²) in [5.74, 6) is 0.590. The van der Waals surface area contributed by atoms with E-state index < -0.39 is 0 Å². The minimum Gasteiger partial charge on any atom is -0.471 e. The molecule has 2 N–H and O–H groups in total. The highest BCUT2D eigenvalue weighted by Crippen LogP contribution is 2.24. The van der Waals surface area contributed by atoms with Crippen molar-refractivity contribution < 1.29 is 4.74 Å². The molecule has 3 rings (SSSR count). The molecule has 0 saturated heterocycles. The largest absolute Gasteiger partial charge is 0.471 e. The number of nitrogens with zero attached hydrogens (tertiary/aromatic N) is 3. The number of nitriles is 1. The maximum atomic E-state index is 9.35.